The minimum absolute atomic E-state index is 0.0627. The van der Waals surface area contributed by atoms with Gasteiger partial charge in [-0.3, -0.25) is 29.1 Å². The largest absolute Gasteiger partial charge is 0.471 e. The van der Waals surface area contributed by atoms with Crippen LogP contribution in [0.4, 0.5) is 52.6 Å². The Labute approximate surface area is 270 Å². The molecule has 0 saturated carbocycles. The maximum atomic E-state index is 15.0. The molecule has 3 fully saturated rings. The van der Waals surface area contributed by atoms with Crippen LogP contribution in [-0.4, -0.2) is 90.6 Å². The standard InChI is InChI=1S/C31H33F7N6O4/c1-17(2)24(43(27(47)31(36,37)38)23-14-18(30(33,34)35)4-9-22(23)32)25(45)42-12-10-29(11-13-42)26(46)41(3)28(48)44(29)21-7-5-19(6-8-21)40-20-15-39-16-20/h4-9,14,17,20,24,39-40H,10-13,15-16H2,1-3H3. The lowest BCUT2D eigenvalue weighted by molar-refractivity contribution is -0.172. The van der Waals surface area contributed by atoms with E-state index in [4.69, 9.17) is 0 Å². The third-order valence-corrected chi connectivity index (χ3v) is 8.95. The van der Waals surface area contributed by atoms with E-state index in [9.17, 15) is 49.9 Å². The minimum atomic E-state index is -5.68. The summed E-state index contributed by atoms with van der Waals surface area (Å²) in [6.07, 6.45) is -11.1. The molecule has 3 aliphatic rings. The van der Waals surface area contributed by atoms with Gasteiger partial charge in [-0.1, -0.05) is 13.8 Å². The maximum Gasteiger partial charge on any atom is 0.471 e. The number of halogens is 7. The molecule has 2 aromatic rings. The van der Waals surface area contributed by atoms with Crippen molar-refractivity contribution in [3.8, 4) is 0 Å². The molecule has 5 rings (SSSR count). The average Bonchev–Trinajstić information content (AvgIpc) is 3.17. The van der Waals surface area contributed by atoms with Crippen LogP contribution in [0.25, 0.3) is 0 Å². The Morgan fingerprint density at radius 3 is 2.08 bits per heavy atom. The van der Waals surface area contributed by atoms with Gasteiger partial charge in [-0.15, -0.1) is 0 Å². The molecule has 3 aliphatic heterocycles. The number of anilines is 3. The summed E-state index contributed by atoms with van der Waals surface area (Å²) in [6.45, 7) is 3.59. The Morgan fingerprint density at radius 2 is 1.58 bits per heavy atom. The van der Waals surface area contributed by atoms with Gasteiger partial charge >= 0.3 is 24.3 Å². The number of imide groups is 1. The van der Waals surface area contributed by atoms with Crippen molar-refractivity contribution in [3.63, 3.8) is 0 Å². The minimum Gasteiger partial charge on any atom is -0.380 e. The number of carbonyl (C=O) groups is 4. The van der Waals surface area contributed by atoms with E-state index < -0.39 is 70.7 Å². The fraction of sp³-hybridized carbons (Fsp3) is 0.484. The van der Waals surface area contributed by atoms with Crippen molar-refractivity contribution in [2.75, 3.05) is 48.3 Å². The number of alkyl halides is 6. The first-order valence-electron chi connectivity index (χ1n) is 15.1. The number of likely N-dealkylation sites (tertiary alicyclic amines) is 1. The van der Waals surface area contributed by atoms with Crippen molar-refractivity contribution < 1.29 is 49.9 Å². The zero-order valence-electron chi connectivity index (χ0n) is 26.1. The number of benzene rings is 2. The van der Waals surface area contributed by atoms with Gasteiger partial charge in [0.2, 0.25) is 5.91 Å². The first-order valence-corrected chi connectivity index (χ1v) is 15.1. The van der Waals surface area contributed by atoms with Crippen LogP contribution in [0.3, 0.4) is 0 Å². The van der Waals surface area contributed by atoms with Crippen LogP contribution in [0.2, 0.25) is 0 Å². The number of likely N-dealkylation sites (N-methyl/N-ethyl adjacent to an activating group) is 1. The molecule has 3 heterocycles. The summed E-state index contributed by atoms with van der Waals surface area (Å²) in [4.78, 5) is 56.6. The molecule has 2 N–H and O–H groups in total. The number of nitrogens with one attached hydrogen (secondary N) is 2. The zero-order chi connectivity index (χ0) is 35.3. The monoisotopic (exact) mass is 686 g/mol. The van der Waals surface area contributed by atoms with Crippen LogP contribution >= 0.6 is 0 Å². The van der Waals surface area contributed by atoms with Gasteiger partial charge in [0.1, 0.15) is 17.4 Å². The summed E-state index contributed by atoms with van der Waals surface area (Å²) in [5, 5.41) is 6.46. The van der Waals surface area contributed by atoms with Gasteiger partial charge in [0.25, 0.3) is 5.91 Å². The highest BCUT2D eigenvalue weighted by molar-refractivity contribution is 6.17. The number of amides is 5. The maximum absolute atomic E-state index is 15.0. The van der Waals surface area contributed by atoms with E-state index in [-0.39, 0.29) is 49.0 Å². The smallest absolute Gasteiger partial charge is 0.380 e. The van der Waals surface area contributed by atoms with Crippen LogP contribution in [0.1, 0.15) is 32.3 Å². The molecule has 2 aromatic carbocycles. The van der Waals surface area contributed by atoms with Crippen LogP contribution in [-0.2, 0) is 20.6 Å². The quantitative estimate of drug-likeness (QED) is 0.326. The summed E-state index contributed by atoms with van der Waals surface area (Å²) in [5.41, 5.74) is -3.13. The highest BCUT2D eigenvalue weighted by Gasteiger charge is 2.58. The molecule has 1 unspecified atom stereocenters. The molecule has 0 aromatic heterocycles. The molecule has 1 spiro atoms. The second kappa shape index (κ2) is 12.6. The van der Waals surface area contributed by atoms with E-state index in [1.165, 1.54) is 25.8 Å². The number of piperidine rings is 1. The summed E-state index contributed by atoms with van der Waals surface area (Å²) in [6, 6.07) is 5.04. The normalized spacial score (nSPS) is 19.2. The molecule has 0 aliphatic carbocycles. The number of carbonyl (C=O) groups excluding carboxylic acids is 4. The van der Waals surface area contributed by atoms with E-state index in [2.05, 4.69) is 10.6 Å². The lowest BCUT2D eigenvalue weighted by atomic mass is 9.84. The van der Waals surface area contributed by atoms with Crippen LogP contribution < -0.4 is 20.4 Å². The van der Waals surface area contributed by atoms with Crippen LogP contribution in [0.5, 0.6) is 0 Å². The Balaban J connectivity index is 1.44. The first-order chi connectivity index (χ1) is 22.4. The molecule has 10 nitrogen and oxygen atoms in total. The SMILES string of the molecule is CC(C)C(C(=O)N1CCC2(CC1)C(=O)N(C)C(=O)N2c1ccc(NC2CNC2)cc1)N(C(=O)C(F)(F)F)c1cc(C(F)(F)F)ccc1F. The van der Waals surface area contributed by atoms with Gasteiger partial charge in [-0.2, -0.15) is 26.3 Å². The molecule has 260 valence electrons. The molecule has 0 bridgehead atoms. The van der Waals surface area contributed by atoms with Crippen LogP contribution in [0.15, 0.2) is 42.5 Å². The summed E-state index contributed by atoms with van der Waals surface area (Å²) in [5.74, 6) is -7.07. The Bertz CT molecular complexity index is 1590. The second-order valence-corrected chi connectivity index (χ2v) is 12.4. The van der Waals surface area contributed by atoms with Gasteiger partial charge in [-0.05, 0) is 61.2 Å². The van der Waals surface area contributed by atoms with Crippen molar-refractivity contribution in [3.05, 3.63) is 53.8 Å². The van der Waals surface area contributed by atoms with Gasteiger partial charge in [0.15, 0.2) is 0 Å². The Morgan fingerprint density at radius 1 is 0.979 bits per heavy atom. The van der Waals surface area contributed by atoms with Gasteiger partial charge in [-0.25, -0.2) is 9.18 Å². The molecule has 1 atom stereocenters. The van der Waals surface area contributed by atoms with Crippen molar-refractivity contribution >= 4 is 40.8 Å². The molecule has 0 radical (unpaired) electrons. The van der Waals surface area contributed by atoms with Crippen molar-refractivity contribution in [1.29, 1.82) is 0 Å². The molecule has 5 amide bonds. The van der Waals surface area contributed by atoms with Crippen molar-refractivity contribution in [2.24, 2.45) is 5.92 Å². The average molecular weight is 687 g/mol. The summed E-state index contributed by atoms with van der Waals surface area (Å²) in [7, 11) is 1.31. The lowest BCUT2D eigenvalue weighted by Crippen LogP contribution is -2.62. The number of hydrogen-bond donors (Lipinski definition) is 2. The molecule has 48 heavy (non-hydrogen) atoms. The molecular formula is C31H33F7N6O4. The van der Waals surface area contributed by atoms with Crippen LogP contribution in [0, 0.1) is 11.7 Å². The van der Waals surface area contributed by atoms with E-state index >= 15 is 0 Å². The lowest BCUT2D eigenvalue weighted by Gasteiger charge is -2.44. The molecule has 3 saturated heterocycles. The van der Waals surface area contributed by atoms with Gasteiger partial charge in [0.05, 0.1) is 17.3 Å². The van der Waals surface area contributed by atoms with E-state index in [0.717, 1.165) is 28.6 Å². The van der Waals surface area contributed by atoms with Crippen molar-refractivity contribution in [2.45, 2.75) is 56.7 Å². The predicted octanol–water partition coefficient (Wildman–Crippen LogP) is 4.61. The Kier molecular flexibility index (Phi) is 9.13. The molecular weight excluding hydrogens is 653 g/mol. The number of nitrogens with zero attached hydrogens (tertiary/aromatic N) is 4. The topological polar surface area (TPSA) is 105 Å². The fourth-order valence-corrected chi connectivity index (χ4v) is 6.33. The third-order valence-electron chi connectivity index (χ3n) is 8.95. The van der Waals surface area contributed by atoms with Gasteiger partial charge < -0.3 is 15.5 Å². The zero-order valence-corrected chi connectivity index (χ0v) is 26.1. The second-order valence-electron chi connectivity index (χ2n) is 12.4. The number of urea groups is 1. The summed E-state index contributed by atoms with van der Waals surface area (Å²) < 4.78 is 97.0. The van der Waals surface area contributed by atoms with E-state index in [1.807, 2.05) is 0 Å². The number of hydrogen-bond acceptors (Lipinski definition) is 6. The summed E-state index contributed by atoms with van der Waals surface area (Å²) >= 11 is 0. The van der Waals surface area contributed by atoms with Crippen molar-refractivity contribution in [1.82, 2.24) is 15.1 Å². The van der Waals surface area contributed by atoms with E-state index in [1.54, 1.807) is 24.3 Å². The molecule has 17 heteroatoms. The number of rotatable bonds is 7. The highest BCUT2D eigenvalue weighted by Crippen LogP contribution is 2.42. The predicted molar refractivity (Wildman–Crippen MR) is 159 cm³/mol. The first kappa shape index (κ1) is 34.9. The van der Waals surface area contributed by atoms with Gasteiger partial charge in [0, 0.05) is 44.6 Å². The van der Waals surface area contributed by atoms with E-state index in [0.29, 0.717) is 11.8 Å². The third kappa shape index (κ3) is 6.26. The fourth-order valence-electron chi connectivity index (χ4n) is 6.33. The Hall–Kier alpha value is -4.41. The highest BCUT2D eigenvalue weighted by atomic mass is 19.4.